The summed E-state index contributed by atoms with van der Waals surface area (Å²) < 4.78 is 6.56. The first kappa shape index (κ1) is 24.4. The van der Waals surface area contributed by atoms with Gasteiger partial charge in [-0.25, -0.2) is 0 Å². The number of rotatable bonds is 18. The van der Waals surface area contributed by atoms with Crippen LogP contribution in [0.4, 0.5) is 0 Å². The number of nitrogens with zero attached hydrogens (tertiary/aromatic N) is 1. The molecule has 0 spiro atoms. The number of carbonyl (C=O) groups is 1. The third-order valence-corrected chi connectivity index (χ3v) is 4.51. The van der Waals surface area contributed by atoms with Crippen LogP contribution in [0.5, 0.6) is 0 Å². The van der Waals surface area contributed by atoms with Crippen LogP contribution in [0.15, 0.2) is 0 Å². The fourth-order valence-corrected chi connectivity index (χ4v) is 3.17. The van der Waals surface area contributed by atoms with Crippen molar-refractivity contribution in [1.82, 2.24) is 0 Å². The van der Waals surface area contributed by atoms with Crippen molar-refractivity contribution in [3.05, 3.63) is 0 Å². The molecule has 0 saturated carbocycles. The van der Waals surface area contributed by atoms with E-state index < -0.39 is 5.97 Å². The average molecular weight is 359 g/mol. The first-order valence-electron chi connectivity index (χ1n) is 10.5. The molecule has 0 aliphatic carbocycles. The highest BCUT2D eigenvalue weighted by Crippen LogP contribution is 2.12. The van der Waals surface area contributed by atoms with Crippen LogP contribution in [-0.2, 0) is 9.53 Å². The van der Waals surface area contributed by atoms with E-state index in [1.54, 1.807) is 0 Å². The summed E-state index contributed by atoms with van der Waals surface area (Å²) >= 11 is 0. The minimum atomic E-state index is -0.770. The van der Waals surface area contributed by atoms with Gasteiger partial charge in [0.05, 0.1) is 27.6 Å². The second-order valence-corrected chi connectivity index (χ2v) is 8.45. The van der Waals surface area contributed by atoms with E-state index in [0.717, 1.165) is 17.4 Å². The van der Waals surface area contributed by atoms with Gasteiger partial charge in [-0.2, -0.15) is 0 Å². The number of carboxylic acids is 1. The molecule has 0 aliphatic heterocycles. The molecule has 25 heavy (non-hydrogen) atoms. The maximum atomic E-state index is 10.9. The molecule has 0 heterocycles. The van der Waals surface area contributed by atoms with Crippen LogP contribution in [0.3, 0.4) is 0 Å². The van der Waals surface area contributed by atoms with E-state index in [1.165, 1.54) is 70.6 Å². The monoisotopic (exact) mass is 358 g/mol. The van der Waals surface area contributed by atoms with Gasteiger partial charge in [0.25, 0.3) is 0 Å². The molecule has 150 valence electrons. The van der Waals surface area contributed by atoms with Crippen molar-refractivity contribution in [2.24, 2.45) is 0 Å². The van der Waals surface area contributed by atoms with Crippen molar-refractivity contribution in [2.75, 3.05) is 34.3 Å². The molecule has 0 rings (SSSR count). The molecule has 4 nitrogen and oxygen atoms in total. The van der Waals surface area contributed by atoms with Crippen molar-refractivity contribution in [2.45, 2.75) is 96.5 Å². The van der Waals surface area contributed by atoms with Gasteiger partial charge in [0.1, 0.15) is 12.6 Å². The highest BCUT2D eigenvalue weighted by molar-refractivity contribution is 5.67. The highest BCUT2D eigenvalue weighted by Gasteiger charge is 2.21. The van der Waals surface area contributed by atoms with Crippen molar-refractivity contribution in [1.29, 1.82) is 0 Å². The van der Waals surface area contributed by atoms with Crippen LogP contribution in [0.2, 0.25) is 0 Å². The van der Waals surface area contributed by atoms with Crippen molar-refractivity contribution >= 4 is 5.97 Å². The van der Waals surface area contributed by atoms with E-state index in [-0.39, 0.29) is 12.5 Å². The van der Waals surface area contributed by atoms with Crippen LogP contribution < -0.4 is 0 Å². The Morgan fingerprint density at radius 1 is 0.840 bits per heavy atom. The van der Waals surface area contributed by atoms with Gasteiger partial charge in [-0.1, -0.05) is 77.6 Å². The van der Waals surface area contributed by atoms with Gasteiger partial charge < -0.3 is 14.3 Å². The molecule has 4 heteroatoms. The quantitative estimate of drug-likeness (QED) is 0.269. The summed E-state index contributed by atoms with van der Waals surface area (Å²) in [6.07, 6.45) is 15.9. The Hall–Kier alpha value is -0.610. The zero-order valence-electron chi connectivity index (χ0n) is 17.4. The number of hydrogen-bond donors (Lipinski definition) is 1. The van der Waals surface area contributed by atoms with Crippen molar-refractivity contribution in [3.8, 4) is 0 Å². The molecule has 0 bridgehead atoms. The minimum Gasteiger partial charge on any atom is -0.481 e. The van der Waals surface area contributed by atoms with Crippen molar-refractivity contribution < 1.29 is 19.1 Å². The average Bonchev–Trinajstić information content (AvgIpc) is 2.49. The third-order valence-electron chi connectivity index (χ3n) is 4.51. The molecular formula is C21H44NO3+. The molecule has 0 aromatic rings. The zero-order chi connectivity index (χ0) is 19.0. The Morgan fingerprint density at radius 3 is 1.68 bits per heavy atom. The third kappa shape index (κ3) is 19.6. The second-order valence-electron chi connectivity index (χ2n) is 8.45. The Kier molecular flexibility index (Phi) is 15.2. The Morgan fingerprint density at radius 2 is 1.28 bits per heavy atom. The van der Waals surface area contributed by atoms with E-state index in [2.05, 4.69) is 28.1 Å². The molecular weight excluding hydrogens is 314 g/mol. The summed E-state index contributed by atoms with van der Waals surface area (Å²) in [6, 6.07) is 0. The largest absolute Gasteiger partial charge is 0.481 e. The number of unbranched alkanes of at least 4 members (excludes halogenated alkanes) is 11. The molecule has 0 amide bonds. The zero-order valence-corrected chi connectivity index (χ0v) is 17.4. The smallest absolute Gasteiger partial charge is 0.306 e. The van der Waals surface area contributed by atoms with E-state index in [4.69, 9.17) is 9.84 Å². The fraction of sp³-hybridized carbons (Fsp3) is 0.952. The van der Waals surface area contributed by atoms with Gasteiger partial charge in [-0.15, -0.1) is 0 Å². The standard InChI is InChI=1S/C21H43NO3/c1-5-6-7-8-9-10-11-12-13-14-15-16-17-25-20(18-21(23)24)19-22(2,3)4/h20H,5-19H2,1-4H3/p+1/t20-/m1/s1. The lowest BCUT2D eigenvalue weighted by Crippen LogP contribution is -2.43. The van der Waals surface area contributed by atoms with Crippen LogP contribution in [0.1, 0.15) is 90.4 Å². The highest BCUT2D eigenvalue weighted by atomic mass is 16.5. The van der Waals surface area contributed by atoms with Crippen LogP contribution in [0.25, 0.3) is 0 Å². The second kappa shape index (κ2) is 15.6. The lowest BCUT2D eigenvalue weighted by Gasteiger charge is -2.28. The molecule has 1 N–H and O–H groups in total. The van der Waals surface area contributed by atoms with Gasteiger partial charge >= 0.3 is 5.97 Å². The van der Waals surface area contributed by atoms with Gasteiger partial charge in [-0.05, 0) is 6.42 Å². The normalized spacial score (nSPS) is 13.1. The SMILES string of the molecule is CCCCCCCCCCCCCCO[C@H](CC(=O)O)C[N+](C)(C)C. The van der Waals surface area contributed by atoms with Crippen LogP contribution >= 0.6 is 0 Å². The summed E-state index contributed by atoms with van der Waals surface area (Å²) in [4.78, 5) is 10.9. The number of carboxylic acid groups (broad SMARTS) is 1. The molecule has 0 saturated heterocycles. The number of hydrogen-bond acceptors (Lipinski definition) is 2. The lowest BCUT2D eigenvalue weighted by atomic mass is 10.1. The molecule has 1 atom stereocenters. The summed E-state index contributed by atoms with van der Waals surface area (Å²) in [7, 11) is 6.21. The summed E-state index contributed by atoms with van der Waals surface area (Å²) in [5.41, 5.74) is 0. The molecule has 0 aromatic heterocycles. The van der Waals surface area contributed by atoms with E-state index in [1.807, 2.05) is 0 Å². The van der Waals surface area contributed by atoms with Gasteiger partial charge in [0.2, 0.25) is 0 Å². The summed E-state index contributed by atoms with van der Waals surface area (Å²) in [5, 5.41) is 9.00. The fourth-order valence-electron chi connectivity index (χ4n) is 3.17. The molecule has 0 unspecified atom stereocenters. The maximum Gasteiger partial charge on any atom is 0.306 e. The molecule has 0 aromatic carbocycles. The van der Waals surface area contributed by atoms with Gasteiger partial charge in [-0.3, -0.25) is 4.79 Å². The van der Waals surface area contributed by atoms with Crippen molar-refractivity contribution in [3.63, 3.8) is 0 Å². The van der Waals surface area contributed by atoms with E-state index >= 15 is 0 Å². The Balaban J connectivity index is 3.49. The number of aliphatic carboxylic acids is 1. The first-order valence-corrected chi connectivity index (χ1v) is 10.5. The topological polar surface area (TPSA) is 46.5 Å². The van der Waals surface area contributed by atoms with E-state index in [0.29, 0.717) is 6.61 Å². The minimum absolute atomic E-state index is 0.105. The number of likely N-dealkylation sites (N-methyl/N-ethyl adjacent to an activating group) is 1. The lowest BCUT2D eigenvalue weighted by molar-refractivity contribution is -0.873. The molecule has 0 fully saturated rings. The van der Waals surface area contributed by atoms with Crippen LogP contribution in [-0.4, -0.2) is 56.0 Å². The van der Waals surface area contributed by atoms with E-state index in [9.17, 15) is 4.79 Å². The summed E-state index contributed by atoms with van der Waals surface area (Å²) in [6.45, 7) is 3.70. The number of ether oxygens (including phenoxy) is 1. The van der Waals surface area contributed by atoms with Crippen LogP contribution in [0, 0.1) is 0 Å². The number of quaternary nitrogens is 1. The van der Waals surface area contributed by atoms with Gasteiger partial charge in [0, 0.05) is 6.61 Å². The predicted molar refractivity (Wildman–Crippen MR) is 106 cm³/mol. The first-order chi connectivity index (χ1) is 11.8. The summed E-state index contributed by atoms with van der Waals surface area (Å²) in [5.74, 6) is -0.770. The van der Waals surface area contributed by atoms with Gasteiger partial charge in [0.15, 0.2) is 0 Å². The molecule has 0 aliphatic rings. The molecule has 0 radical (unpaired) electrons. The Bertz CT molecular complexity index is 313. The Labute approximate surface area is 156 Å². The predicted octanol–water partition coefficient (Wildman–Crippen LogP) is 5.25. The maximum absolute atomic E-state index is 10.9.